The van der Waals surface area contributed by atoms with Gasteiger partial charge in [-0.1, -0.05) is 61.5 Å². The molecule has 4 heteroatoms. The third kappa shape index (κ3) is 4.16. The second-order valence-corrected chi connectivity index (χ2v) is 7.47. The van der Waals surface area contributed by atoms with Crippen molar-refractivity contribution in [2.75, 3.05) is 6.54 Å². The fourth-order valence-electron chi connectivity index (χ4n) is 4.09. The van der Waals surface area contributed by atoms with Gasteiger partial charge in [0.2, 0.25) is 5.91 Å². The van der Waals surface area contributed by atoms with E-state index < -0.39 is 0 Å². The molecule has 29 heavy (non-hydrogen) atoms. The molecule has 1 amide bonds. The smallest absolute Gasteiger partial charge is 0.246 e. The van der Waals surface area contributed by atoms with Crippen molar-refractivity contribution >= 4 is 17.5 Å². The van der Waals surface area contributed by atoms with Crippen LogP contribution in [0.1, 0.15) is 38.2 Å². The van der Waals surface area contributed by atoms with E-state index in [0.29, 0.717) is 6.04 Å². The first-order valence-corrected chi connectivity index (χ1v) is 10.5. The van der Waals surface area contributed by atoms with Crippen LogP contribution in [0.25, 0.3) is 22.9 Å². The Morgan fingerprint density at radius 2 is 1.93 bits per heavy atom. The maximum atomic E-state index is 12.6. The standard InChI is InChI=1S/C25H27N3O/c1-2-21-14-8-10-18-27(21)24(29)17-7-6-15-22-23-16-9-11-19-28(23)26-25(22)20-12-4-3-5-13-20/h3-7,9,11-13,15-17,19,21H,2,8,10,14,18H2,1H3/b15-6+,17-7+. The number of pyridine rings is 1. The largest absolute Gasteiger partial charge is 0.336 e. The highest BCUT2D eigenvalue weighted by Gasteiger charge is 2.23. The number of benzene rings is 1. The fraction of sp³-hybridized carbons (Fsp3) is 0.280. The van der Waals surface area contributed by atoms with Gasteiger partial charge in [0.1, 0.15) is 5.69 Å². The molecule has 3 aromatic rings. The average molecular weight is 386 g/mol. The summed E-state index contributed by atoms with van der Waals surface area (Å²) in [6.07, 6.45) is 14.0. The molecule has 148 valence electrons. The molecule has 0 bridgehead atoms. The Bertz CT molecular complexity index is 1030. The van der Waals surface area contributed by atoms with Gasteiger partial charge in [0, 0.05) is 36.0 Å². The number of hydrogen-bond donors (Lipinski definition) is 0. The normalized spacial score (nSPS) is 17.6. The highest BCUT2D eigenvalue weighted by molar-refractivity contribution is 5.89. The van der Waals surface area contributed by atoms with Crippen molar-refractivity contribution in [3.63, 3.8) is 0 Å². The van der Waals surface area contributed by atoms with E-state index in [9.17, 15) is 4.79 Å². The van der Waals surface area contributed by atoms with Crippen LogP contribution in [0.4, 0.5) is 0 Å². The summed E-state index contributed by atoms with van der Waals surface area (Å²) in [6.45, 7) is 3.04. The van der Waals surface area contributed by atoms with Gasteiger partial charge in [0.15, 0.2) is 0 Å². The van der Waals surface area contributed by atoms with E-state index in [1.165, 1.54) is 6.42 Å². The van der Waals surface area contributed by atoms with Crippen molar-refractivity contribution < 1.29 is 4.79 Å². The van der Waals surface area contributed by atoms with E-state index in [4.69, 9.17) is 5.10 Å². The summed E-state index contributed by atoms with van der Waals surface area (Å²) < 4.78 is 1.90. The molecule has 0 spiro atoms. The minimum absolute atomic E-state index is 0.115. The Morgan fingerprint density at radius 1 is 1.10 bits per heavy atom. The molecule has 4 nitrogen and oxygen atoms in total. The summed E-state index contributed by atoms with van der Waals surface area (Å²) in [6, 6.07) is 16.6. The molecule has 0 N–H and O–H groups in total. The zero-order valence-corrected chi connectivity index (χ0v) is 16.9. The van der Waals surface area contributed by atoms with Crippen molar-refractivity contribution in [1.82, 2.24) is 14.5 Å². The Hall–Kier alpha value is -3.14. The summed E-state index contributed by atoms with van der Waals surface area (Å²) in [7, 11) is 0. The molecule has 4 rings (SSSR count). The molecule has 1 unspecified atom stereocenters. The lowest BCUT2D eigenvalue weighted by molar-refractivity contribution is -0.129. The minimum Gasteiger partial charge on any atom is -0.336 e. The zero-order chi connectivity index (χ0) is 20.1. The molecule has 1 aliphatic heterocycles. The van der Waals surface area contributed by atoms with E-state index in [1.807, 2.05) is 64.2 Å². The van der Waals surface area contributed by atoms with Crippen molar-refractivity contribution in [2.45, 2.75) is 38.6 Å². The number of carbonyl (C=O) groups is 1. The SMILES string of the molecule is CCC1CCCCN1C(=O)/C=C/C=C/c1c(-c2ccccc2)nn2ccccc12. The van der Waals surface area contributed by atoms with E-state index in [2.05, 4.69) is 25.1 Å². The number of amides is 1. The number of piperidine rings is 1. The Balaban J connectivity index is 1.58. The van der Waals surface area contributed by atoms with Crippen LogP contribution in [0.2, 0.25) is 0 Å². The number of carbonyl (C=O) groups excluding carboxylic acids is 1. The van der Waals surface area contributed by atoms with Gasteiger partial charge in [0.05, 0.1) is 5.52 Å². The average Bonchev–Trinajstić information content (AvgIpc) is 3.15. The van der Waals surface area contributed by atoms with Crippen LogP contribution in [0.3, 0.4) is 0 Å². The van der Waals surface area contributed by atoms with Gasteiger partial charge in [-0.3, -0.25) is 4.79 Å². The zero-order valence-electron chi connectivity index (χ0n) is 16.9. The number of fused-ring (bicyclic) bond motifs is 1. The Kier molecular flexibility index (Phi) is 5.89. The Labute approximate surface area is 172 Å². The number of likely N-dealkylation sites (tertiary alicyclic amines) is 1. The number of hydrogen-bond acceptors (Lipinski definition) is 2. The summed E-state index contributed by atoms with van der Waals surface area (Å²) in [5.41, 5.74) is 4.12. The maximum absolute atomic E-state index is 12.6. The second-order valence-electron chi connectivity index (χ2n) is 7.47. The first kappa shape index (κ1) is 19.2. The number of nitrogens with zero attached hydrogens (tertiary/aromatic N) is 3. The molecule has 1 aromatic carbocycles. The highest BCUT2D eigenvalue weighted by Crippen LogP contribution is 2.27. The molecule has 1 saturated heterocycles. The number of allylic oxidation sites excluding steroid dienone is 2. The molecule has 0 radical (unpaired) electrons. The number of aromatic nitrogens is 2. The van der Waals surface area contributed by atoms with E-state index >= 15 is 0 Å². The molecular formula is C25H27N3O. The van der Waals surface area contributed by atoms with Crippen LogP contribution in [0, 0.1) is 0 Å². The predicted octanol–water partition coefficient (Wildman–Crippen LogP) is 5.36. The van der Waals surface area contributed by atoms with Gasteiger partial charge >= 0.3 is 0 Å². The molecule has 3 heterocycles. The lowest BCUT2D eigenvalue weighted by Gasteiger charge is -2.34. The van der Waals surface area contributed by atoms with Gasteiger partial charge in [-0.15, -0.1) is 0 Å². The van der Waals surface area contributed by atoms with Crippen molar-refractivity contribution in [2.24, 2.45) is 0 Å². The van der Waals surface area contributed by atoms with Crippen LogP contribution in [-0.4, -0.2) is 33.0 Å². The predicted molar refractivity (Wildman–Crippen MR) is 118 cm³/mol. The molecule has 1 aliphatic rings. The first-order chi connectivity index (χ1) is 14.3. The summed E-state index contributed by atoms with van der Waals surface area (Å²) in [5.74, 6) is 0.115. The molecule has 0 aliphatic carbocycles. The minimum atomic E-state index is 0.115. The van der Waals surface area contributed by atoms with Gasteiger partial charge in [-0.2, -0.15) is 5.10 Å². The van der Waals surface area contributed by atoms with Crippen LogP contribution in [0.5, 0.6) is 0 Å². The van der Waals surface area contributed by atoms with Crippen molar-refractivity contribution in [3.05, 3.63) is 78.5 Å². The van der Waals surface area contributed by atoms with E-state index in [-0.39, 0.29) is 5.91 Å². The van der Waals surface area contributed by atoms with E-state index in [1.54, 1.807) is 6.08 Å². The summed E-state index contributed by atoms with van der Waals surface area (Å²) in [5, 5.41) is 4.76. The van der Waals surface area contributed by atoms with Gasteiger partial charge < -0.3 is 4.90 Å². The first-order valence-electron chi connectivity index (χ1n) is 10.5. The van der Waals surface area contributed by atoms with Crippen LogP contribution < -0.4 is 0 Å². The lowest BCUT2D eigenvalue weighted by atomic mass is 10.00. The maximum Gasteiger partial charge on any atom is 0.246 e. The third-order valence-corrected chi connectivity index (χ3v) is 5.62. The van der Waals surface area contributed by atoms with Crippen LogP contribution in [-0.2, 0) is 4.79 Å². The van der Waals surface area contributed by atoms with Crippen LogP contribution >= 0.6 is 0 Å². The summed E-state index contributed by atoms with van der Waals surface area (Å²) >= 11 is 0. The molecule has 1 atom stereocenters. The lowest BCUT2D eigenvalue weighted by Crippen LogP contribution is -2.42. The second kappa shape index (κ2) is 8.91. The van der Waals surface area contributed by atoms with Gasteiger partial charge in [-0.25, -0.2) is 4.52 Å². The molecule has 1 fully saturated rings. The number of rotatable bonds is 5. The van der Waals surface area contributed by atoms with Crippen molar-refractivity contribution in [3.8, 4) is 11.3 Å². The summed E-state index contributed by atoms with van der Waals surface area (Å²) in [4.78, 5) is 14.6. The topological polar surface area (TPSA) is 37.6 Å². The quantitative estimate of drug-likeness (QED) is 0.438. The van der Waals surface area contributed by atoms with Gasteiger partial charge in [0.25, 0.3) is 0 Å². The Morgan fingerprint density at radius 3 is 2.76 bits per heavy atom. The monoisotopic (exact) mass is 385 g/mol. The van der Waals surface area contributed by atoms with Gasteiger partial charge in [-0.05, 0) is 37.8 Å². The fourth-order valence-corrected chi connectivity index (χ4v) is 4.09. The third-order valence-electron chi connectivity index (χ3n) is 5.62. The molecular weight excluding hydrogens is 358 g/mol. The molecule has 0 saturated carbocycles. The highest BCUT2D eigenvalue weighted by atomic mass is 16.2. The van der Waals surface area contributed by atoms with Crippen molar-refractivity contribution in [1.29, 1.82) is 0 Å². The van der Waals surface area contributed by atoms with Crippen LogP contribution in [0.15, 0.2) is 73.0 Å². The molecule has 2 aromatic heterocycles. The van der Waals surface area contributed by atoms with E-state index in [0.717, 1.165) is 48.1 Å².